The molecule has 0 fully saturated rings. The highest BCUT2D eigenvalue weighted by Crippen LogP contribution is 2.26. The molecule has 0 heterocycles. The lowest BCUT2D eigenvalue weighted by molar-refractivity contribution is 0.185. The number of halogens is 2. The van der Waals surface area contributed by atoms with Gasteiger partial charge in [-0.15, -0.1) is 0 Å². The Hall–Kier alpha value is -1.75. The van der Waals surface area contributed by atoms with Crippen LogP contribution in [-0.4, -0.2) is 13.1 Å². The van der Waals surface area contributed by atoms with Crippen LogP contribution in [0.15, 0.2) is 42.5 Å². The molecule has 122 valence electrons. The Balaban J connectivity index is 2.00. The van der Waals surface area contributed by atoms with Crippen LogP contribution in [0.5, 0.6) is 0 Å². The summed E-state index contributed by atoms with van der Waals surface area (Å²) in [7, 11) is 1.63. The van der Waals surface area contributed by atoms with E-state index in [1.807, 2.05) is 31.2 Å². The zero-order valence-corrected chi connectivity index (χ0v) is 14.4. The topological polar surface area (TPSA) is 50.4 Å². The van der Waals surface area contributed by atoms with Crippen LogP contribution in [0.1, 0.15) is 24.1 Å². The standard InChI is InChI=1S/C17H18Cl2N2O2/c1-11(15-7-6-13(18)9-16(15)19)20-17(22)21-14-5-3-4-12(8-14)10-23-2/h3-9,11H,10H2,1-2H3,(H2,20,21,22). The number of benzene rings is 2. The van der Waals surface area contributed by atoms with E-state index in [9.17, 15) is 4.79 Å². The van der Waals surface area contributed by atoms with E-state index in [-0.39, 0.29) is 12.1 Å². The minimum atomic E-state index is -0.307. The van der Waals surface area contributed by atoms with Gasteiger partial charge >= 0.3 is 6.03 Å². The summed E-state index contributed by atoms with van der Waals surface area (Å²) >= 11 is 12.0. The van der Waals surface area contributed by atoms with Crippen LogP contribution >= 0.6 is 23.2 Å². The number of methoxy groups -OCH3 is 1. The maximum Gasteiger partial charge on any atom is 0.319 e. The van der Waals surface area contributed by atoms with Gasteiger partial charge in [-0.25, -0.2) is 4.79 Å². The third-order valence-corrected chi connectivity index (χ3v) is 3.83. The van der Waals surface area contributed by atoms with Crippen molar-refractivity contribution >= 4 is 34.9 Å². The van der Waals surface area contributed by atoms with Crippen molar-refractivity contribution in [2.24, 2.45) is 0 Å². The molecular weight excluding hydrogens is 335 g/mol. The second-order valence-electron chi connectivity index (χ2n) is 5.12. The van der Waals surface area contributed by atoms with Crippen molar-refractivity contribution in [2.75, 3.05) is 12.4 Å². The molecule has 0 radical (unpaired) electrons. The van der Waals surface area contributed by atoms with Crippen molar-refractivity contribution in [3.63, 3.8) is 0 Å². The van der Waals surface area contributed by atoms with Crippen LogP contribution in [0.25, 0.3) is 0 Å². The van der Waals surface area contributed by atoms with E-state index in [2.05, 4.69) is 10.6 Å². The number of anilines is 1. The first-order valence-electron chi connectivity index (χ1n) is 7.10. The summed E-state index contributed by atoms with van der Waals surface area (Å²) < 4.78 is 5.08. The van der Waals surface area contributed by atoms with Gasteiger partial charge < -0.3 is 15.4 Å². The average Bonchev–Trinajstić information content (AvgIpc) is 2.47. The first-order chi connectivity index (χ1) is 11.0. The number of nitrogens with one attached hydrogen (secondary N) is 2. The Bertz CT molecular complexity index is 692. The molecule has 0 saturated carbocycles. The molecule has 1 atom stereocenters. The van der Waals surface area contributed by atoms with E-state index < -0.39 is 0 Å². The lowest BCUT2D eigenvalue weighted by atomic mass is 10.1. The summed E-state index contributed by atoms with van der Waals surface area (Å²) in [4.78, 5) is 12.1. The van der Waals surface area contributed by atoms with Gasteiger partial charge in [0.1, 0.15) is 0 Å². The minimum absolute atomic E-state index is 0.248. The molecule has 1 unspecified atom stereocenters. The van der Waals surface area contributed by atoms with Crippen molar-refractivity contribution in [1.29, 1.82) is 0 Å². The quantitative estimate of drug-likeness (QED) is 0.793. The summed E-state index contributed by atoms with van der Waals surface area (Å²) in [5.74, 6) is 0. The van der Waals surface area contributed by atoms with Gasteiger partial charge in [-0.1, -0.05) is 41.4 Å². The van der Waals surface area contributed by atoms with Gasteiger partial charge in [0.05, 0.1) is 12.6 Å². The fourth-order valence-electron chi connectivity index (χ4n) is 2.20. The highest BCUT2D eigenvalue weighted by atomic mass is 35.5. The number of carbonyl (C=O) groups is 1. The van der Waals surface area contributed by atoms with Crippen molar-refractivity contribution in [3.8, 4) is 0 Å². The molecule has 0 aliphatic rings. The van der Waals surface area contributed by atoms with Gasteiger partial charge in [0.25, 0.3) is 0 Å². The predicted molar refractivity (Wildman–Crippen MR) is 94.2 cm³/mol. The Kier molecular flexibility index (Phi) is 6.28. The zero-order valence-electron chi connectivity index (χ0n) is 12.9. The smallest absolute Gasteiger partial charge is 0.319 e. The monoisotopic (exact) mass is 352 g/mol. The molecule has 6 heteroatoms. The van der Waals surface area contributed by atoms with Crippen molar-refractivity contribution < 1.29 is 9.53 Å². The molecule has 23 heavy (non-hydrogen) atoms. The molecule has 2 aromatic rings. The van der Waals surface area contributed by atoms with Crippen LogP contribution in [0.3, 0.4) is 0 Å². The van der Waals surface area contributed by atoms with E-state index in [1.165, 1.54) is 0 Å². The highest BCUT2D eigenvalue weighted by Gasteiger charge is 2.13. The first kappa shape index (κ1) is 17.6. The first-order valence-corrected chi connectivity index (χ1v) is 7.85. The second kappa shape index (κ2) is 8.20. The number of hydrogen-bond acceptors (Lipinski definition) is 2. The van der Waals surface area contributed by atoms with Gasteiger partial charge in [0.2, 0.25) is 0 Å². The Labute approximate surface area is 145 Å². The second-order valence-corrected chi connectivity index (χ2v) is 5.96. The van der Waals surface area contributed by atoms with Crippen molar-refractivity contribution in [3.05, 3.63) is 63.6 Å². The normalized spacial score (nSPS) is 11.8. The van der Waals surface area contributed by atoms with E-state index in [0.29, 0.717) is 22.3 Å². The fourth-order valence-corrected chi connectivity index (χ4v) is 2.77. The molecule has 2 amide bonds. The highest BCUT2D eigenvalue weighted by molar-refractivity contribution is 6.35. The van der Waals surface area contributed by atoms with Gasteiger partial charge in [-0.05, 0) is 42.3 Å². The molecule has 0 aliphatic heterocycles. The van der Waals surface area contributed by atoms with Crippen molar-refractivity contribution in [2.45, 2.75) is 19.6 Å². The number of carbonyl (C=O) groups excluding carboxylic acids is 1. The maximum atomic E-state index is 12.1. The Morgan fingerprint density at radius 1 is 1.22 bits per heavy atom. The number of hydrogen-bond donors (Lipinski definition) is 2. The molecular formula is C17H18Cl2N2O2. The number of ether oxygens (including phenoxy) is 1. The number of urea groups is 1. The number of rotatable bonds is 5. The lowest BCUT2D eigenvalue weighted by Gasteiger charge is -2.16. The van der Waals surface area contributed by atoms with Gasteiger partial charge in [0.15, 0.2) is 0 Å². The van der Waals surface area contributed by atoms with E-state index in [4.69, 9.17) is 27.9 Å². The van der Waals surface area contributed by atoms with Crippen molar-refractivity contribution in [1.82, 2.24) is 5.32 Å². The van der Waals surface area contributed by atoms with E-state index in [1.54, 1.807) is 25.3 Å². The summed E-state index contributed by atoms with van der Waals surface area (Å²) in [5.41, 5.74) is 2.49. The van der Waals surface area contributed by atoms with Gasteiger partial charge in [-0.3, -0.25) is 0 Å². The third kappa shape index (κ3) is 5.13. The van der Waals surface area contributed by atoms with Crippen LogP contribution < -0.4 is 10.6 Å². The minimum Gasteiger partial charge on any atom is -0.380 e. The molecule has 0 aliphatic carbocycles. The summed E-state index contributed by atoms with van der Waals surface area (Å²) in [6.45, 7) is 2.35. The predicted octanol–water partition coefficient (Wildman–Crippen LogP) is 5.02. The van der Waals surface area contributed by atoms with Crippen LogP contribution in [0.2, 0.25) is 10.0 Å². The fraction of sp³-hybridized carbons (Fsp3) is 0.235. The molecule has 0 bridgehead atoms. The SMILES string of the molecule is COCc1cccc(NC(=O)NC(C)c2ccc(Cl)cc2Cl)c1. The van der Waals surface area contributed by atoms with Crippen LogP contribution in [0, 0.1) is 0 Å². The summed E-state index contributed by atoms with van der Waals surface area (Å²) in [5, 5.41) is 6.73. The largest absolute Gasteiger partial charge is 0.380 e. The van der Waals surface area contributed by atoms with E-state index >= 15 is 0 Å². The molecule has 0 spiro atoms. The maximum absolute atomic E-state index is 12.1. The van der Waals surface area contributed by atoms with Crippen LogP contribution in [-0.2, 0) is 11.3 Å². The summed E-state index contributed by atoms with van der Waals surface area (Å²) in [6, 6.07) is 12.1. The van der Waals surface area contributed by atoms with Gasteiger partial charge in [0, 0.05) is 22.8 Å². The zero-order chi connectivity index (χ0) is 16.8. The van der Waals surface area contributed by atoms with E-state index in [0.717, 1.165) is 11.1 Å². The molecule has 4 nitrogen and oxygen atoms in total. The lowest BCUT2D eigenvalue weighted by Crippen LogP contribution is -2.31. The Morgan fingerprint density at radius 3 is 2.70 bits per heavy atom. The molecule has 0 aromatic heterocycles. The molecule has 2 aromatic carbocycles. The molecule has 2 rings (SSSR count). The Morgan fingerprint density at radius 2 is 2.00 bits per heavy atom. The van der Waals surface area contributed by atoms with Crippen LogP contribution in [0.4, 0.5) is 10.5 Å². The van der Waals surface area contributed by atoms with Gasteiger partial charge in [-0.2, -0.15) is 0 Å². The average molecular weight is 353 g/mol. The third-order valence-electron chi connectivity index (χ3n) is 3.27. The molecule has 0 saturated heterocycles. The molecule has 2 N–H and O–H groups in total. The number of amides is 2. The summed E-state index contributed by atoms with van der Waals surface area (Å²) in [6.07, 6.45) is 0.